The number of fused-ring (bicyclic) bond motifs is 1. The minimum absolute atomic E-state index is 0.109. The molecule has 0 aromatic heterocycles. The predicted molar refractivity (Wildman–Crippen MR) is 76.1 cm³/mol. The van der Waals surface area contributed by atoms with Gasteiger partial charge in [0.05, 0.1) is 5.92 Å². The van der Waals surface area contributed by atoms with Crippen LogP contribution < -0.4 is 5.32 Å². The van der Waals surface area contributed by atoms with E-state index < -0.39 is 0 Å². The maximum absolute atomic E-state index is 12.5. The summed E-state index contributed by atoms with van der Waals surface area (Å²) in [7, 11) is 1.96. The zero-order chi connectivity index (χ0) is 13.2. The largest absolute Gasteiger partial charge is 0.345 e. The summed E-state index contributed by atoms with van der Waals surface area (Å²) in [6, 6.07) is 8.31. The lowest BCUT2D eigenvalue weighted by molar-refractivity contribution is -0.132. The van der Waals surface area contributed by atoms with E-state index in [0.717, 1.165) is 26.1 Å². The van der Waals surface area contributed by atoms with E-state index in [9.17, 15) is 4.79 Å². The Morgan fingerprint density at radius 2 is 2.26 bits per heavy atom. The Hall–Kier alpha value is -1.35. The Bertz CT molecular complexity index is 466. The molecule has 1 fully saturated rings. The summed E-state index contributed by atoms with van der Waals surface area (Å²) in [5, 5.41) is 3.41. The zero-order valence-electron chi connectivity index (χ0n) is 11.6. The second-order valence-corrected chi connectivity index (χ2v) is 5.89. The third-order valence-corrected chi connectivity index (χ3v) is 4.46. The smallest absolute Gasteiger partial charge is 0.230 e. The van der Waals surface area contributed by atoms with E-state index in [0.29, 0.717) is 11.8 Å². The standard InChI is InChI=1S/C16H22N2O/c1-18(11-12-5-4-8-17-10-12)16(19)15-9-13-6-2-3-7-14(13)15/h2-3,6-7,12,15,17H,4-5,8-11H2,1H3. The number of likely N-dealkylation sites (N-methyl/N-ethyl adjacent to an activating group) is 1. The number of hydrogen-bond donors (Lipinski definition) is 1. The van der Waals surface area contributed by atoms with E-state index in [4.69, 9.17) is 0 Å². The molecule has 3 rings (SSSR count). The van der Waals surface area contributed by atoms with Gasteiger partial charge in [-0.1, -0.05) is 24.3 Å². The number of nitrogens with zero attached hydrogens (tertiary/aromatic N) is 1. The maximum atomic E-state index is 12.5. The van der Waals surface area contributed by atoms with Crippen LogP contribution in [0.25, 0.3) is 0 Å². The summed E-state index contributed by atoms with van der Waals surface area (Å²) >= 11 is 0. The van der Waals surface area contributed by atoms with Crippen molar-refractivity contribution >= 4 is 5.91 Å². The minimum Gasteiger partial charge on any atom is -0.345 e. The van der Waals surface area contributed by atoms with Gasteiger partial charge in [0.25, 0.3) is 0 Å². The average molecular weight is 258 g/mol. The first-order valence-corrected chi connectivity index (χ1v) is 7.29. The molecule has 1 N–H and O–H groups in total. The topological polar surface area (TPSA) is 32.3 Å². The lowest BCUT2D eigenvalue weighted by Crippen LogP contribution is -2.42. The molecule has 2 aliphatic rings. The Labute approximate surface area is 115 Å². The number of carbonyl (C=O) groups excluding carboxylic acids is 1. The van der Waals surface area contributed by atoms with Crippen molar-refractivity contribution in [2.24, 2.45) is 5.92 Å². The molecule has 1 aromatic carbocycles. The molecule has 1 aromatic rings. The van der Waals surface area contributed by atoms with Crippen LogP contribution in [-0.2, 0) is 11.2 Å². The minimum atomic E-state index is 0.109. The van der Waals surface area contributed by atoms with Crippen molar-refractivity contribution in [1.82, 2.24) is 10.2 Å². The fourth-order valence-corrected chi connectivity index (χ4v) is 3.30. The van der Waals surface area contributed by atoms with Gasteiger partial charge in [-0.3, -0.25) is 4.79 Å². The molecule has 1 aliphatic carbocycles. The Balaban J connectivity index is 1.59. The van der Waals surface area contributed by atoms with E-state index in [1.165, 1.54) is 24.0 Å². The highest BCUT2D eigenvalue weighted by molar-refractivity contribution is 5.86. The van der Waals surface area contributed by atoms with Gasteiger partial charge >= 0.3 is 0 Å². The van der Waals surface area contributed by atoms with Crippen molar-refractivity contribution in [1.29, 1.82) is 0 Å². The highest BCUT2D eigenvalue weighted by Gasteiger charge is 2.34. The van der Waals surface area contributed by atoms with Crippen molar-refractivity contribution in [2.75, 3.05) is 26.7 Å². The van der Waals surface area contributed by atoms with Gasteiger partial charge in [-0.25, -0.2) is 0 Å². The number of rotatable bonds is 3. The van der Waals surface area contributed by atoms with Crippen LogP contribution in [0, 0.1) is 5.92 Å². The fraction of sp³-hybridized carbons (Fsp3) is 0.562. The molecule has 1 aliphatic heterocycles. The quantitative estimate of drug-likeness (QED) is 0.896. The summed E-state index contributed by atoms with van der Waals surface area (Å²) < 4.78 is 0. The summed E-state index contributed by atoms with van der Waals surface area (Å²) in [5.74, 6) is 1.03. The van der Waals surface area contributed by atoms with Gasteiger partial charge in [-0.2, -0.15) is 0 Å². The van der Waals surface area contributed by atoms with Crippen LogP contribution in [0.2, 0.25) is 0 Å². The van der Waals surface area contributed by atoms with Gasteiger partial charge < -0.3 is 10.2 Å². The van der Waals surface area contributed by atoms with Gasteiger partial charge in [0, 0.05) is 13.6 Å². The van der Waals surface area contributed by atoms with Gasteiger partial charge in [-0.15, -0.1) is 0 Å². The van der Waals surface area contributed by atoms with E-state index in [-0.39, 0.29) is 5.92 Å². The Morgan fingerprint density at radius 1 is 1.42 bits per heavy atom. The molecule has 0 saturated carbocycles. The second kappa shape index (κ2) is 5.33. The molecule has 1 amide bonds. The SMILES string of the molecule is CN(CC1CCCNC1)C(=O)C1Cc2ccccc21. The first kappa shape index (κ1) is 12.7. The molecule has 1 heterocycles. The first-order valence-electron chi connectivity index (χ1n) is 7.29. The van der Waals surface area contributed by atoms with Crippen LogP contribution >= 0.6 is 0 Å². The monoisotopic (exact) mass is 258 g/mol. The van der Waals surface area contributed by atoms with Crippen LogP contribution in [-0.4, -0.2) is 37.5 Å². The van der Waals surface area contributed by atoms with Crippen LogP contribution in [0.4, 0.5) is 0 Å². The molecule has 0 spiro atoms. The molecule has 2 unspecified atom stereocenters. The van der Waals surface area contributed by atoms with Crippen molar-refractivity contribution < 1.29 is 4.79 Å². The van der Waals surface area contributed by atoms with E-state index in [1.807, 2.05) is 18.0 Å². The third-order valence-electron chi connectivity index (χ3n) is 4.46. The molecule has 3 nitrogen and oxygen atoms in total. The molecule has 19 heavy (non-hydrogen) atoms. The van der Waals surface area contributed by atoms with Crippen LogP contribution in [0.3, 0.4) is 0 Å². The van der Waals surface area contributed by atoms with Crippen LogP contribution in [0.1, 0.15) is 29.9 Å². The lowest BCUT2D eigenvalue weighted by Gasteiger charge is -2.34. The van der Waals surface area contributed by atoms with Crippen molar-refractivity contribution in [3.8, 4) is 0 Å². The Kier molecular flexibility index (Phi) is 3.56. The van der Waals surface area contributed by atoms with Crippen molar-refractivity contribution in [3.05, 3.63) is 35.4 Å². The Morgan fingerprint density at radius 3 is 3.00 bits per heavy atom. The maximum Gasteiger partial charge on any atom is 0.230 e. The van der Waals surface area contributed by atoms with Gasteiger partial charge in [0.1, 0.15) is 0 Å². The molecule has 3 heteroatoms. The highest BCUT2D eigenvalue weighted by Crippen LogP contribution is 2.36. The normalized spacial score (nSPS) is 25.3. The van der Waals surface area contributed by atoms with Crippen LogP contribution in [0.5, 0.6) is 0 Å². The number of piperidine rings is 1. The summed E-state index contributed by atoms with van der Waals surface area (Å²) in [5.41, 5.74) is 2.58. The number of nitrogens with one attached hydrogen (secondary N) is 1. The van der Waals surface area contributed by atoms with Crippen molar-refractivity contribution in [2.45, 2.75) is 25.2 Å². The molecule has 2 atom stereocenters. The predicted octanol–water partition coefficient (Wildman–Crippen LogP) is 1.78. The van der Waals surface area contributed by atoms with E-state index in [1.54, 1.807) is 0 Å². The number of amides is 1. The second-order valence-electron chi connectivity index (χ2n) is 5.89. The molecule has 1 saturated heterocycles. The van der Waals surface area contributed by atoms with E-state index >= 15 is 0 Å². The lowest BCUT2D eigenvalue weighted by atomic mass is 9.77. The molecular weight excluding hydrogens is 236 g/mol. The summed E-state index contributed by atoms with van der Waals surface area (Å²) in [6.07, 6.45) is 3.40. The molecule has 102 valence electrons. The molecule has 0 radical (unpaired) electrons. The van der Waals surface area contributed by atoms with Crippen molar-refractivity contribution in [3.63, 3.8) is 0 Å². The highest BCUT2D eigenvalue weighted by atomic mass is 16.2. The van der Waals surface area contributed by atoms with Gasteiger partial charge in [0.2, 0.25) is 5.91 Å². The van der Waals surface area contributed by atoms with Gasteiger partial charge in [0.15, 0.2) is 0 Å². The number of hydrogen-bond acceptors (Lipinski definition) is 2. The number of benzene rings is 1. The zero-order valence-corrected chi connectivity index (χ0v) is 11.6. The fourth-order valence-electron chi connectivity index (χ4n) is 3.30. The van der Waals surface area contributed by atoms with E-state index in [2.05, 4.69) is 23.5 Å². The first-order chi connectivity index (χ1) is 9.25. The summed E-state index contributed by atoms with van der Waals surface area (Å²) in [6.45, 7) is 3.08. The van der Waals surface area contributed by atoms with Gasteiger partial charge in [-0.05, 0) is 49.4 Å². The number of carbonyl (C=O) groups is 1. The van der Waals surface area contributed by atoms with Crippen LogP contribution in [0.15, 0.2) is 24.3 Å². The molecular formula is C16H22N2O. The third kappa shape index (κ3) is 2.52. The average Bonchev–Trinajstić information content (AvgIpc) is 2.41. The summed E-state index contributed by atoms with van der Waals surface area (Å²) in [4.78, 5) is 14.4. The molecule has 0 bridgehead atoms.